The van der Waals surface area contributed by atoms with Gasteiger partial charge in [0.1, 0.15) is 0 Å². The molecule has 3 heterocycles. The monoisotopic (exact) mass is 303 g/mol. The molecule has 2 saturated heterocycles. The van der Waals surface area contributed by atoms with Gasteiger partial charge < -0.3 is 10.6 Å². The third-order valence-corrected chi connectivity index (χ3v) is 5.55. The van der Waals surface area contributed by atoms with Crippen LogP contribution >= 0.6 is 11.3 Å². The Morgan fingerprint density at radius 2 is 2.19 bits per heavy atom. The lowest BCUT2D eigenvalue weighted by Crippen LogP contribution is -2.39. The molecular formula is C16H21N3OS. The summed E-state index contributed by atoms with van der Waals surface area (Å²) in [5.41, 5.74) is 5.38. The van der Waals surface area contributed by atoms with Crippen molar-refractivity contribution in [3.8, 4) is 11.8 Å². The molecule has 0 radical (unpaired) electrons. The van der Waals surface area contributed by atoms with Crippen LogP contribution in [0.2, 0.25) is 0 Å². The van der Waals surface area contributed by atoms with Crippen LogP contribution in [0.4, 0.5) is 0 Å². The molecule has 2 atom stereocenters. The fourth-order valence-electron chi connectivity index (χ4n) is 3.31. The molecule has 2 N–H and O–H groups in total. The van der Waals surface area contributed by atoms with E-state index in [9.17, 15) is 4.79 Å². The lowest BCUT2D eigenvalue weighted by Gasteiger charge is -2.25. The zero-order valence-electron chi connectivity index (χ0n) is 12.3. The van der Waals surface area contributed by atoms with Crippen molar-refractivity contribution in [2.45, 2.75) is 31.3 Å². The van der Waals surface area contributed by atoms with Crippen LogP contribution in [0.25, 0.3) is 0 Å². The molecule has 3 rings (SSSR count). The molecule has 0 saturated carbocycles. The summed E-state index contributed by atoms with van der Waals surface area (Å²) in [7, 11) is 2.20. The van der Waals surface area contributed by atoms with E-state index in [1.165, 1.54) is 24.2 Å². The Bertz CT molecular complexity index is 586. The van der Waals surface area contributed by atoms with Gasteiger partial charge in [0.05, 0.1) is 16.3 Å². The number of hydrogen-bond acceptors (Lipinski definition) is 4. The minimum absolute atomic E-state index is 0.154. The number of carbonyl (C=O) groups excluding carboxylic acids is 1. The number of nitrogens with two attached hydrogens (primary N) is 1. The maximum atomic E-state index is 12.7. The molecule has 4 nitrogen and oxygen atoms in total. The quantitative estimate of drug-likeness (QED) is 0.797. The van der Waals surface area contributed by atoms with E-state index in [4.69, 9.17) is 5.73 Å². The van der Waals surface area contributed by atoms with Crippen LogP contribution < -0.4 is 5.73 Å². The van der Waals surface area contributed by atoms with Crippen LogP contribution in [0.15, 0.2) is 12.1 Å². The highest BCUT2D eigenvalue weighted by Gasteiger charge is 2.36. The summed E-state index contributed by atoms with van der Waals surface area (Å²) in [6.45, 7) is 2.07. The van der Waals surface area contributed by atoms with Crippen molar-refractivity contribution in [1.29, 1.82) is 0 Å². The number of amides is 1. The van der Waals surface area contributed by atoms with Crippen LogP contribution in [0, 0.1) is 11.8 Å². The van der Waals surface area contributed by atoms with E-state index >= 15 is 0 Å². The van der Waals surface area contributed by atoms with E-state index in [-0.39, 0.29) is 5.91 Å². The van der Waals surface area contributed by atoms with Gasteiger partial charge in [0.15, 0.2) is 0 Å². The highest BCUT2D eigenvalue weighted by Crippen LogP contribution is 2.29. The fraction of sp³-hybridized carbons (Fsp3) is 0.562. The van der Waals surface area contributed by atoms with Crippen LogP contribution in [-0.2, 0) is 0 Å². The van der Waals surface area contributed by atoms with Crippen molar-refractivity contribution in [2.24, 2.45) is 5.73 Å². The van der Waals surface area contributed by atoms with Crippen LogP contribution in [0.1, 0.15) is 33.8 Å². The largest absolute Gasteiger partial charge is 0.336 e. The molecule has 1 aromatic rings. The fourth-order valence-corrected chi connectivity index (χ4v) is 4.16. The average molecular weight is 303 g/mol. The molecule has 0 aromatic carbocycles. The van der Waals surface area contributed by atoms with Gasteiger partial charge in [0, 0.05) is 25.2 Å². The number of likely N-dealkylation sites (N-methyl/N-ethyl adjacent to an activating group) is 1. The van der Waals surface area contributed by atoms with Gasteiger partial charge in [-0.1, -0.05) is 11.8 Å². The first-order valence-electron chi connectivity index (χ1n) is 7.49. The number of rotatable bonds is 1. The Labute approximate surface area is 129 Å². The molecule has 0 spiro atoms. The normalized spacial score (nSPS) is 25.3. The van der Waals surface area contributed by atoms with Crippen LogP contribution in [-0.4, -0.2) is 54.5 Å². The molecule has 1 amide bonds. The van der Waals surface area contributed by atoms with Gasteiger partial charge in [-0.25, -0.2) is 0 Å². The summed E-state index contributed by atoms with van der Waals surface area (Å²) >= 11 is 1.47. The second-order valence-electron chi connectivity index (χ2n) is 5.76. The Morgan fingerprint density at radius 3 is 3.00 bits per heavy atom. The standard InChI is InChI=1S/C16H21N3OS/c1-18-12-4-5-13(18)11-19(10-8-12)16(20)15-7-6-14(21-15)3-2-9-17/h6-7,12-13H,4-5,8-11,17H2,1H3. The first-order valence-corrected chi connectivity index (χ1v) is 8.30. The molecule has 21 heavy (non-hydrogen) atoms. The predicted octanol–water partition coefficient (Wildman–Crippen LogP) is 1.37. The number of carbonyl (C=O) groups is 1. The van der Waals surface area contributed by atoms with Gasteiger partial charge in [0.2, 0.25) is 0 Å². The van der Waals surface area contributed by atoms with Crippen molar-refractivity contribution in [2.75, 3.05) is 26.7 Å². The lowest BCUT2D eigenvalue weighted by molar-refractivity contribution is 0.0745. The predicted molar refractivity (Wildman–Crippen MR) is 85.3 cm³/mol. The zero-order valence-corrected chi connectivity index (χ0v) is 13.2. The maximum absolute atomic E-state index is 12.7. The number of nitrogens with zero attached hydrogens (tertiary/aromatic N) is 2. The highest BCUT2D eigenvalue weighted by molar-refractivity contribution is 7.14. The second kappa shape index (κ2) is 6.18. The number of thiophene rings is 1. The van der Waals surface area contributed by atoms with Crippen molar-refractivity contribution < 1.29 is 4.79 Å². The first-order chi connectivity index (χ1) is 10.2. The van der Waals surface area contributed by atoms with Gasteiger partial charge >= 0.3 is 0 Å². The Morgan fingerprint density at radius 1 is 1.38 bits per heavy atom. The van der Waals surface area contributed by atoms with Crippen LogP contribution in [0.3, 0.4) is 0 Å². The van der Waals surface area contributed by atoms with Gasteiger partial charge in [-0.3, -0.25) is 9.69 Å². The highest BCUT2D eigenvalue weighted by atomic mass is 32.1. The van der Waals surface area contributed by atoms with Crippen molar-refractivity contribution in [3.63, 3.8) is 0 Å². The van der Waals surface area contributed by atoms with E-state index in [1.54, 1.807) is 0 Å². The molecule has 1 aromatic heterocycles. The molecule has 2 bridgehead atoms. The molecule has 2 aliphatic rings. The molecule has 112 valence electrons. The van der Waals surface area contributed by atoms with Crippen molar-refractivity contribution >= 4 is 17.2 Å². The van der Waals surface area contributed by atoms with Crippen molar-refractivity contribution in [1.82, 2.24) is 9.80 Å². The van der Waals surface area contributed by atoms with E-state index in [0.29, 0.717) is 18.6 Å². The smallest absolute Gasteiger partial charge is 0.264 e. The molecular weight excluding hydrogens is 282 g/mol. The van der Waals surface area contributed by atoms with Gasteiger partial charge in [-0.2, -0.15) is 0 Å². The summed E-state index contributed by atoms with van der Waals surface area (Å²) < 4.78 is 0. The second-order valence-corrected chi connectivity index (χ2v) is 6.84. The molecule has 0 aliphatic carbocycles. The molecule has 2 aliphatic heterocycles. The topological polar surface area (TPSA) is 49.6 Å². The van der Waals surface area contributed by atoms with E-state index in [1.807, 2.05) is 17.0 Å². The Hall–Kier alpha value is -1.35. The number of likely N-dealkylation sites (tertiary alicyclic amines) is 1. The van der Waals surface area contributed by atoms with E-state index in [2.05, 4.69) is 23.8 Å². The number of fused-ring (bicyclic) bond motifs is 2. The van der Waals surface area contributed by atoms with Crippen LogP contribution in [0.5, 0.6) is 0 Å². The van der Waals surface area contributed by atoms with E-state index < -0.39 is 0 Å². The molecule has 2 fully saturated rings. The van der Waals surface area contributed by atoms with E-state index in [0.717, 1.165) is 29.3 Å². The molecule has 2 unspecified atom stereocenters. The average Bonchev–Trinajstić information content (AvgIpc) is 3.02. The zero-order chi connectivity index (χ0) is 14.8. The lowest BCUT2D eigenvalue weighted by atomic mass is 10.1. The third kappa shape index (κ3) is 2.98. The first kappa shape index (κ1) is 14.6. The Kier molecular flexibility index (Phi) is 4.29. The summed E-state index contributed by atoms with van der Waals surface area (Å²) in [5, 5.41) is 0. The van der Waals surface area contributed by atoms with Gasteiger partial charge in [-0.15, -0.1) is 11.3 Å². The SMILES string of the molecule is CN1C2CCC1CN(C(=O)c1ccc(C#CCN)s1)CC2. The van der Waals surface area contributed by atoms with Gasteiger partial charge in [0.25, 0.3) is 5.91 Å². The maximum Gasteiger partial charge on any atom is 0.264 e. The summed E-state index contributed by atoms with van der Waals surface area (Å²) in [4.78, 5) is 18.8. The molecule has 5 heteroatoms. The Balaban J connectivity index is 1.71. The number of hydrogen-bond donors (Lipinski definition) is 1. The minimum Gasteiger partial charge on any atom is -0.336 e. The van der Waals surface area contributed by atoms with Crippen molar-refractivity contribution in [3.05, 3.63) is 21.9 Å². The summed E-state index contributed by atoms with van der Waals surface area (Å²) in [6.07, 6.45) is 3.58. The summed E-state index contributed by atoms with van der Waals surface area (Å²) in [6, 6.07) is 4.98. The summed E-state index contributed by atoms with van der Waals surface area (Å²) in [5.74, 6) is 5.98. The third-order valence-electron chi connectivity index (χ3n) is 4.57. The van der Waals surface area contributed by atoms with Gasteiger partial charge in [-0.05, 0) is 38.4 Å². The minimum atomic E-state index is 0.154.